The molecule has 2 aromatic carbocycles. The number of imide groups is 2. The fourth-order valence-electron chi connectivity index (χ4n) is 4.26. The number of amides is 4. The maximum absolute atomic E-state index is 12.9. The molecule has 0 spiro atoms. The predicted molar refractivity (Wildman–Crippen MR) is 135 cm³/mol. The van der Waals surface area contributed by atoms with E-state index in [1.807, 2.05) is 13.8 Å². The lowest BCUT2D eigenvalue weighted by Gasteiger charge is -2.22. The van der Waals surface area contributed by atoms with E-state index in [1.165, 1.54) is 43.4 Å². The van der Waals surface area contributed by atoms with Gasteiger partial charge in [0.15, 0.2) is 0 Å². The zero-order chi connectivity index (χ0) is 28.4. The van der Waals surface area contributed by atoms with E-state index in [0.29, 0.717) is 12.5 Å². The first-order chi connectivity index (χ1) is 18.5. The second kappa shape index (κ2) is 11.2. The normalized spacial score (nSPS) is 15.1. The van der Waals surface area contributed by atoms with Crippen LogP contribution in [0.15, 0.2) is 36.4 Å². The van der Waals surface area contributed by atoms with Gasteiger partial charge in [0, 0.05) is 13.7 Å². The zero-order valence-electron chi connectivity index (χ0n) is 22.0. The Kier molecular flexibility index (Phi) is 7.91. The molecule has 0 aromatic heterocycles. The zero-order valence-corrected chi connectivity index (χ0v) is 22.0. The summed E-state index contributed by atoms with van der Waals surface area (Å²) in [5.74, 6) is -3.12. The first-order valence-corrected chi connectivity index (χ1v) is 12.4. The van der Waals surface area contributed by atoms with Gasteiger partial charge in [-0.1, -0.05) is 13.8 Å². The van der Waals surface area contributed by atoms with Gasteiger partial charge in [-0.15, -0.1) is 0 Å². The first-order valence-electron chi connectivity index (χ1n) is 12.4. The van der Waals surface area contributed by atoms with Gasteiger partial charge in [-0.25, -0.2) is 9.59 Å². The molecule has 0 radical (unpaired) electrons. The number of esters is 2. The van der Waals surface area contributed by atoms with Gasteiger partial charge in [-0.3, -0.25) is 29.0 Å². The van der Waals surface area contributed by atoms with Crippen molar-refractivity contribution < 1.29 is 43.0 Å². The summed E-state index contributed by atoms with van der Waals surface area (Å²) in [6.07, 6.45) is 0. The monoisotopic (exact) mass is 536 g/mol. The van der Waals surface area contributed by atoms with Gasteiger partial charge in [-0.2, -0.15) is 0 Å². The van der Waals surface area contributed by atoms with Crippen molar-refractivity contribution in [3.8, 4) is 0 Å². The fraction of sp³-hybridized carbons (Fsp3) is 0.357. The van der Waals surface area contributed by atoms with Crippen molar-refractivity contribution in [2.24, 2.45) is 5.92 Å². The van der Waals surface area contributed by atoms with Crippen LogP contribution in [0.3, 0.4) is 0 Å². The molecule has 39 heavy (non-hydrogen) atoms. The highest BCUT2D eigenvalue weighted by atomic mass is 16.6. The van der Waals surface area contributed by atoms with Crippen LogP contribution in [-0.4, -0.2) is 84.9 Å². The number of carbonyl (C=O) groups excluding carboxylic acids is 6. The van der Waals surface area contributed by atoms with Crippen molar-refractivity contribution in [3.05, 3.63) is 69.8 Å². The summed E-state index contributed by atoms with van der Waals surface area (Å²) < 4.78 is 15.8. The Morgan fingerprint density at radius 3 is 1.69 bits per heavy atom. The van der Waals surface area contributed by atoms with Crippen LogP contribution in [0.2, 0.25) is 0 Å². The summed E-state index contributed by atoms with van der Waals surface area (Å²) in [7, 11) is 1.35. The topological polar surface area (TPSA) is 137 Å². The van der Waals surface area contributed by atoms with Crippen molar-refractivity contribution in [1.29, 1.82) is 0 Å². The minimum Gasteiger partial charge on any atom is -0.458 e. The molecule has 1 unspecified atom stereocenters. The highest BCUT2D eigenvalue weighted by Crippen LogP contribution is 2.27. The van der Waals surface area contributed by atoms with E-state index >= 15 is 0 Å². The summed E-state index contributed by atoms with van der Waals surface area (Å²) in [6.45, 7) is 5.89. The molecule has 2 aliphatic rings. The Morgan fingerprint density at radius 1 is 0.692 bits per heavy atom. The lowest BCUT2D eigenvalue weighted by Crippen LogP contribution is -2.40. The minimum atomic E-state index is -0.759. The molecular weight excluding hydrogens is 508 g/mol. The molecule has 11 heteroatoms. The first kappa shape index (κ1) is 27.6. The van der Waals surface area contributed by atoms with Gasteiger partial charge in [0.05, 0.1) is 46.0 Å². The molecule has 0 aliphatic carbocycles. The molecule has 0 fully saturated rings. The molecule has 0 N–H and O–H groups in total. The quantitative estimate of drug-likeness (QED) is 0.255. The lowest BCUT2D eigenvalue weighted by molar-refractivity contribution is 0.0265. The SMILES string of the molecule is CC(C)COCC(C)N1C(=O)c2ccc(C(=O)OCCOC(=O)c3ccc4c(c3)C(=O)N(C)C4=O)cc2C1=O. The number of hydrogen-bond acceptors (Lipinski definition) is 9. The molecule has 2 aromatic rings. The van der Waals surface area contributed by atoms with Crippen LogP contribution in [0.25, 0.3) is 0 Å². The van der Waals surface area contributed by atoms with E-state index in [-0.39, 0.29) is 53.2 Å². The number of nitrogens with zero attached hydrogens (tertiary/aromatic N) is 2. The molecule has 4 rings (SSSR count). The third-order valence-corrected chi connectivity index (χ3v) is 6.28. The molecule has 4 amide bonds. The lowest BCUT2D eigenvalue weighted by atomic mass is 10.1. The Bertz CT molecular complexity index is 1380. The van der Waals surface area contributed by atoms with Gasteiger partial charge in [0.25, 0.3) is 23.6 Å². The van der Waals surface area contributed by atoms with E-state index in [2.05, 4.69) is 0 Å². The van der Waals surface area contributed by atoms with Crippen LogP contribution >= 0.6 is 0 Å². The van der Waals surface area contributed by atoms with Crippen molar-refractivity contribution in [2.45, 2.75) is 26.8 Å². The molecular formula is C28H28N2O9. The summed E-state index contributed by atoms with van der Waals surface area (Å²) in [5, 5.41) is 0. The smallest absolute Gasteiger partial charge is 0.338 e. The van der Waals surface area contributed by atoms with Gasteiger partial charge in [0.2, 0.25) is 0 Å². The molecule has 204 valence electrons. The van der Waals surface area contributed by atoms with Crippen molar-refractivity contribution >= 4 is 35.6 Å². The Labute approximate surface area is 224 Å². The molecule has 2 aliphatic heterocycles. The van der Waals surface area contributed by atoms with E-state index in [9.17, 15) is 28.8 Å². The molecule has 0 bridgehead atoms. The third kappa shape index (κ3) is 5.44. The minimum absolute atomic E-state index is 0.0673. The van der Waals surface area contributed by atoms with Crippen LogP contribution in [0.5, 0.6) is 0 Å². The summed E-state index contributed by atoms with van der Waals surface area (Å²) in [5.41, 5.74) is 0.766. The van der Waals surface area contributed by atoms with E-state index < -0.39 is 41.6 Å². The van der Waals surface area contributed by atoms with E-state index in [0.717, 1.165) is 9.80 Å². The maximum Gasteiger partial charge on any atom is 0.338 e. The number of fused-ring (bicyclic) bond motifs is 2. The molecule has 0 saturated carbocycles. The number of rotatable bonds is 10. The van der Waals surface area contributed by atoms with Crippen LogP contribution in [0.4, 0.5) is 0 Å². The van der Waals surface area contributed by atoms with E-state index in [1.54, 1.807) is 6.92 Å². The molecule has 11 nitrogen and oxygen atoms in total. The largest absolute Gasteiger partial charge is 0.458 e. The van der Waals surface area contributed by atoms with Gasteiger partial charge in [0.1, 0.15) is 13.2 Å². The van der Waals surface area contributed by atoms with Crippen LogP contribution in [0.1, 0.15) is 82.9 Å². The van der Waals surface area contributed by atoms with Crippen LogP contribution < -0.4 is 0 Å². The van der Waals surface area contributed by atoms with Crippen LogP contribution in [0, 0.1) is 5.92 Å². The molecule has 2 heterocycles. The molecule has 1 atom stereocenters. The summed E-state index contributed by atoms with van der Waals surface area (Å²) in [4.78, 5) is 76.8. The molecule has 0 saturated heterocycles. The Morgan fingerprint density at radius 2 is 1.15 bits per heavy atom. The van der Waals surface area contributed by atoms with Crippen molar-refractivity contribution in [2.75, 3.05) is 33.5 Å². The van der Waals surface area contributed by atoms with Gasteiger partial charge in [-0.05, 0) is 49.2 Å². The van der Waals surface area contributed by atoms with Gasteiger partial charge < -0.3 is 14.2 Å². The number of carbonyl (C=O) groups is 6. The van der Waals surface area contributed by atoms with Gasteiger partial charge >= 0.3 is 11.9 Å². The van der Waals surface area contributed by atoms with E-state index in [4.69, 9.17) is 14.2 Å². The van der Waals surface area contributed by atoms with Crippen molar-refractivity contribution in [1.82, 2.24) is 9.80 Å². The highest BCUT2D eigenvalue weighted by Gasteiger charge is 2.39. The number of hydrogen-bond donors (Lipinski definition) is 0. The highest BCUT2D eigenvalue weighted by molar-refractivity contribution is 6.22. The van der Waals surface area contributed by atoms with Crippen molar-refractivity contribution in [3.63, 3.8) is 0 Å². The fourth-order valence-corrected chi connectivity index (χ4v) is 4.26. The Hall–Kier alpha value is -4.38. The average Bonchev–Trinajstić information content (AvgIpc) is 3.29. The third-order valence-electron chi connectivity index (χ3n) is 6.28. The summed E-state index contributed by atoms with van der Waals surface area (Å²) in [6, 6.07) is 7.68. The summed E-state index contributed by atoms with van der Waals surface area (Å²) >= 11 is 0. The average molecular weight is 537 g/mol. The van der Waals surface area contributed by atoms with Crippen LogP contribution in [-0.2, 0) is 14.2 Å². The standard InChI is InChI=1S/C28H28N2O9/c1-15(2)13-37-14-16(3)30-25(33)20-8-6-18(12-22(20)26(30)34)28(36)39-10-9-38-27(35)17-5-7-19-21(11-17)24(32)29(4)23(19)31/h5-8,11-12,15-16H,9-10,13-14H2,1-4H3. The maximum atomic E-state index is 12.9. The number of ether oxygens (including phenoxy) is 3. The second-order valence-electron chi connectivity index (χ2n) is 9.72. The Balaban J connectivity index is 1.31. The second-order valence-corrected chi connectivity index (χ2v) is 9.72. The number of benzene rings is 2. The predicted octanol–water partition coefficient (Wildman–Crippen LogP) is 2.58.